The zero-order valence-electron chi connectivity index (χ0n) is 11.7. The molecule has 0 bridgehead atoms. The predicted octanol–water partition coefficient (Wildman–Crippen LogP) is 3.84. The Morgan fingerprint density at radius 1 is 1.29 bits per heavy atom. The van der Waals surface area contributed by atoms with Crippen LogP contribution in [0.1, 0.15) is 58.8 Å². The summed E-state index contributed by atoms with van der Waals surface area (Å²) in [6.07, 6.45) is 14.4. The summed E-state index contributed by atoms with van der Waals surface area (Å²) in [5.74, 6) is 5.51. The molecule has 1 aliphatic carbocycles. The molecule has 0 saturated heterocycles. The molecule has 3 atom stereocenters. The van der Waals surface area contributed by atoms with E-state index >= 15 is 0 Å². The molecule has 0 heterocycles. The van der Waals surface area contributed by atoms with Gasteiger partial charge in [-0.25, -0.2) is 0 Å². The average Bonchev–Trinajstić information content (AvgIpc) is 2.32. The minimum absolute atomic E-state index is 0.899. The summed E-state index contributed by atoms with van der Waals surface area (Å²) in [5, 5.41) is 3.60. The van der Waals surface area contributed by atoms with Gasteiger partial charge in [-0.05, 0) is 62.9 Å². The highest BCUT2D eigenvalue weighted by molar-refractivity contribution is 4.85. The number of hydrogen-bond acceptors (Lipinski definition) is 1. The zero-order valence-corrected chi connectivity index (χ0v) is 11.7. The first-order valence-corrected chi connectivity index (χ1v) is 7.42. The van der Waals surface area contributed by atoms with E-state index in [0.717, 1.165) is 24.2 Å². The Balaban J connectivity index is 2.33. The highest BCUT2D eigenvalue weighted by Gasteiger charge is 2.27. The van der Waals surface area contributed by atoms with Gasteiger partial charge < -0.3 is 5.32 Å². The fourth-order valence-corrected chi connectivity index (χ4v) is 3.11. The van der Waals surface area contributed by atoms with Gasteiger partial charge in [-0.2, -0.15) is 0 Å². The summed E-state index contributed by atoms with van der Waals surface area (Å²) in [6.45, 7) is 7.04. The first-order valence-electron chi connectivity index (χ1n) is 7.42. The Labute approximate surface area is 108 Å². The number of unbranched alkanes of at least 4 members (excludes halogenated alkanes) is 1. The van der Waals surface area contributed by atoms with Crippen molar-refractivity contribution in [3.63, 3.8) is 0 Å². The lowest BCUT2D eigenvalue weighted by Gasteiger charge is -2.35. The summed E-state index contributed by atoms with van der Waals surface area (Å²) in [7, 11) is 0. The fourth-order valence-electron chi connectivity index (χ4n) is 3.11. The van der Waals surface area contributed by atoms with Crippen LogP contribution in [-0.2, 0) is 0 Å². The van der Waals surface area contributed by atoms with Gasteiger partial charge in [0.15, 0.2) is 0 Å². The molecule has 0 aromatic carbocycles. The van der Waals surface area contributed by atoms with Crippen LogP contribution in [-0.4, -0.2) is 13.1 Å². The zero-order chi connectivity index (χ0) is 12.5. The molecule has 3 unspecified atom stereocenters. The van der Waals surface area contributed by atoms with Crippen LogP contribution in [0.15, 0.2) is 0 Å². The lowest BCUT2D eigenvalue weighted by molar-refractivity contribution is 0.173. The largest absolute Gasteiger partial charge is 0.316 e. The van der Waals surface area contributed by atoms with Gasteiger partial charge in [0.2, 0.25) is 0 Å². The fraction of sp³-hybridized carbons (Fsp3) is 0.875. The SMILES string of the molecule is C#CCCCC1CC(C)CCC1CNCCC. The van der Waals surface area contributed by atoms with Crippen molar-refractivity contribution in [1.29, 1.82) is 0 Å². The van der Waals surface area contributed by atoms with E-state index in [9.17, 15) is 0 Å². The highest BCUT2D eigenvalue weighted by Crippen LogP contribution is 2.36. The summed E-state index contributed by atoms with van der Waals surface area (Å²) in [6, 6.07) is 0. The van der Waals surface area contributed by atoms with Crippen LogP contribution < -0.4 is 5.32 Å². The van der Waals surface area contributed by atoms with E-state index in [1.807, 2.05) is 0 Å². The second-order valence-electron chi connectivity index (χ2n) is 5.74. The van der Waals surface area contributed by atoms with E-state index in [1.165, 1.54) is 51.6 Å². The molecule has 1 heteroatoms. The first kappa shape index (κ1) is 14.6. The molecule has 1 saturated carbocycles. The van der Waals surface area contributed by atoms with Crippen molar-refractivity contribution in [1.82, 2.24) is 5.32 Å². The van der Waals surface area contributed by atoms with Crippen molar-refractivity contribution in [2.75, 3.05) is 13.1 Å². The van der Waals surface area contributed by atoms with Crippen molar-refractivity contribution in [3.8, 4) is 12.3 Å². The van der Waals surface area contributed by atoms with E-state index in [2.05, 4.69) is 25.1 Å². The number of nitrogens with one attached hydrogen (secondary N) is 1. The summed E-state index contributed by atoms with van der Waals surface area (Å²) in [4.78, 5) is 0. The maximum atomic E-state index is 5.34. The van der Waals surface area contributed by atoms with Crippen LogP contribution in [0, 0.1) is 30.1 Å². The lowest BCUT2D eigenvalue weighted by atomic mass is 9.72. The third kappa shape index (κ3) is 5.59. The summed E-state index contributed by atoms with van der Waals surface area (Å²) < 4.78 is 0. The van der Waals surface area contributed by atoms with Gasteiger partial charge >= 0.3 is 0 Å². The van der Waals surface area contributed by atoms with Crippen molar-refractivity contribution in [2.45, 2.75) is 58.8 Å². The van der Waals surface area contributed by atoms with E-state index < -0.39 is 0 Å². The van der Waals surface area contributed by atoms with Gasteiger partial charge in [-0.1, -0.05) is 20.3 Å². The maximum Gasteiger partial charge on any atom is 0.00861 e. The maximum absolute atomic E-state index is 5.34. The normalized spacial score (nSPS) is 28.9. The molecule has 1 N–H and O–H groups in total. The third-order valence-electron chi connectivity index (χ3n) is 4.13. The van der Waals surface area contributed by atoms with Crippen molar-refractivity contribution in [2.24, 2.45) is 17.8 Å². The van der Waals surface area contributed by atoms with Gasteiger partial charge in [-0.15, -0.1) is 12.3 Å². The quantitative estimate of drug-likeness (QED) is 0.522. The first-order chi connectivity index (χ1) is 8.27. The molecule has 0 amide bonds. The van der Waals surface area contributed by atoms with Crippen LogP contribution >= 0.6 is 0 Å². The molecule has 0 spiro atoms. The molecule has 98 valence electrons. The van der Waals surface area contributed by atoms with Crippen LogP contribution in [0.25, 0.3) is 0 Å². The minimum atomic E-state index is 0.899. The summed E-state index contributed by atoms with van der Waals surface area (Å²) in [5.41, 5.74) is 0. The number of hydrogen-bond donors (Lipinski definition) is 1. The molecule has 17 heavy (non-hydrogen) atoms. The van der Waals surface area contributed by atoms with E-state index in [1.54, 1.807) is 0 Å². The molecule has 1 rings (SSSR count). The Morgan fingerprint density at radius 3 is 2.82 bits per heavy atom. The standard InChI is InChI=1S/C16H29N/c1-4-6-7-8-15-12-14(3)9-10-16(15)13-17-11-5-2/h1,14-17H,5-13H2,2-3H3. The molecule has 0 aliphatic heterocycles. The van der Waals surface area contributed by atoms with Crippen molar-refractivity contribution in [3.05, 3.63) is 0 Å². The van der Waals surface area contributed by atoms with E-state index in [-0.39, 0.29) is 0 Å². The molecular formula is C16H29N. The van der Waals surface area contributed by atoms with Crippen LogP contribution in [0.3, 0.4) is 0 Å². The van der Waals surface area contributed by atoms with Gasteiger partial charge in [-0.3, -0.25) is 0 Å². The van der Waals surface area contributed by atoms with E-state index in [0.29, 0.717) is 0 Å². The number of terminal acetylenes is 1. The van der Waals surface area contributed by atoms with Crippen LogP contribution in [0.4, 0.5) is 0 Å². The molecule has 0 radical (unpaired) electrons. The molecule has 1 fully saturated rings. The molecule has 1 nitrogen and oxygen atoms in total. The molecule has 0 aromatic heterocycles. The Bertz CT molecular complexity index is 228. The highest BCUT2D eigenvalue weighted by atomic mass is 14.9. The number of rotatable bonds is 7. The molecule has 0 aromatic rings. The second-order valence-corrected chi connectivity index (χ2v) is 5.74. The van der Waals surface area contributed by atoms with Crippen molar-refractivity contribution >= 4 is 0 Å². The lowest BCUT2D eigenvalue weighted by Crippen LogP contribution is -2.33. The van der Waals surface area contributed by atoms with Crippen LogP contribution in [0.2, 0.25) is 0 Å². The van der Waals surface area contributed by atoms with Gasteiger partial charge in [0.1, 0.15) is 0 Å². The summed E-state index contributed by atoms with van der Waals surface area (Å²) >= 11 is 0. The molecule has 1 aliphatic rings. The third-order valence-corrected chi connectivity index (χ3v) is 4.13. The Morgan fingerprint density at radius 2 is 2.12 bits per heavy atom. The molecular weight excluding hydrogens is 206 g/mol. The monoisotopic (exact) mass is 235 g/mol. The second kappa shape index (κ2) is 8.59. The van der Waals surface area contributed by atoms with Gasteiger partial charge in [0.05, 0.1) is 0 Å². The van der Waals surface area contributed by atoms with Gasteiger partial charge in [0, 0.05) is 6.42 Å². The Kier molecular flexibility index (Phi) is 7.37. The average molecular weight is 235 g/mol. The topological polar surface area (TPSA) is 12.0 Å². The van der Waals surface area contributed by atoms with Gasteiger partial charge in [0.25, 0.3) is 0 Å². The predicted molar refractivity (Wildman–Crippen MR) is 75.8 cm³/mol. The van der Waals surface area contributed by atoms with E-state index in [4.69, 9.17) is 6.42 Å². The smallest absolute Gasteiger partial charge is 0.00861 e. The Hall–Kier alpha value is -0.480. The minimum Gasteiger partial charge on any atom is -0.316 e. The van der Waals surface area contributed by atoms with Crippen molar-refractivity contribution < 1.29 is 0 Å². The van der Waals surface area contributed by atoms with Crippen LogP contribution in [0.5, 0.6) is 0 Å².